The zero-order chi connectivity index (χ0) is 31.0. The van der Waals surface area contributed by atoms with Crippen LogP contribution in [0.1, 0.15) is 26.3 Å². The number of amides is 2. The average Bonchev–Trinajstić information content (AvgIpc) is 3.51. The Balaban J connectivity index is 1.37. The van der Waals surface area contributed by atoms with Crippen molar-refractivity contribution in [3.05, 3.63) is 112 Å². The lowest BCUT2D eigenvalue weighted by Crippen LogP contribution is -2.49. The summed E-state index contributed by atoms with van der Waals surface area (Å²) >= 11 is 13.3. The van der Waals surface area contributed by atoms with E-state index in [4.69, 9.17) is 23.2 Å². The van der Waals surface area contributed by atoms with Gasteiger partial charge in [-0.3, -0.25) is 19.2 Å². The first-order valence-corrected chi connectivity index (χ1v) is 15.9. The van der Waals surface area contributed by atoms with Gasteiger partial charge >= 0.3 is 0 Å². The maximum absolute atomic E-state index is 13.1. The summed E-state index contributed by atoms with van der Waals surface area (Å²) in [5, 5.41) is 5.13. The van der Waals surface area contributed by atoms with Crippen LogP contribution in [0, 0.1) is 0 Å². The van der Waals surface area contributed by atoms with Crippen molar-refractivity contribution in [2.45, 2.75) is 16.7 Å². The van der Waals surface area contributed by atoms with Crippen molar-refractivity contribution in [2.75, 3.05) is 13.1 Å². The maximum Gasteiger partial charge on any atom is 0.289 e. The van der Waals surface area contributed by atoms with Gasteiger partial charge in [-0.25, -0.2) is 13.1 Å². The van der Waals surface area contributed by atoms with Crippen LogP contribution < -0.4 is 15.4 Å². The molecule has 0 saturated carbocycles. The molecule has 2 amide bonds. The Morgan fingerprint density at radius 1 is 0.860 bits per heavy atom. The number of hydrogen-bond donors (Lipinski definition) is 3. The lowest BCUT2D eigenvalue weighted by Gasteiger charge is -2.18. The van der Waals surface area contributed by atoms with E-state index in [1.165, 1.54) is 18.2 Å². The lowest BCUT2D eigenvalue weighted by molar-refractivity contribution is -0.138. The fourth-order valence-corrected chi connectivity index (χ4v) is 7.02. The Labute approximate surface area is 262 Å². The largest absolute Gasteiger partial charge is 0.348 e. The standard InChI is InChI=1S/C30H25Cl2N3O6S2/c31-22-10-5-11-23(32)27(22)29(38)35-24(17-19-6-2-1-3-7-19)28(37)30(39)33-14-15-34-43(40,41)26-13-12-25(42-26)21-9-4-8-20(16-21)18-36/h1-13,16,18,24,34H,14-15,17H2,(H,33,39)(H,35,38)/t24-/m0/s1. The number of sulfonamides is 1. The molecule has 0 spiro atoms. The number of carbonyl (C=O) groups excluding carboxylic acids is 4. The van der Waals surface area contributed by atoms with Gasteiger partial charge in [-0.05, 0) is 41.5 Å². The van der Waals surface area contributed by atoms with Gasteiger partial charge in [0.05, 0.1) is 15.6 Å². The maximum atomic E-state index is 13.1. The smallest absolute Gasteiger partial charge is 0.289 e. The highest BCUT2D eigenvalue weighted by atomic mass is 35.5. The molecule has 9 nitrogen and oxygen atoms in total. The third kappa shape index (κ3) is 8.37. The van der Waals surface area contributed by atoms with Crippen LogP contribution in [0.3, 0.4) is 0 Å². The first-order chi connectivity index (χ1) is 20.6. The summed E-state index contributed by atoms with van der Waals surface area (Å²) in [7, 11) is -3.91. The number of hydrogen-bond acceptors (Lipinski definition) is 7. The predicted molar refractivity (Wildman–Crippen MR) is 166 cm³/mol. The summed E-state index contributed by atoms with van der Waals surface area (Å²) < 4.78 is 28.0. The average molecular weight is 659 g/mol. The van der Waals surface area contributed by atoms with Crippen LogP contribution in [0.2, 0.25) is 10.0 Å². The van der Waals surface area contributed by atoms with Crippen molar-refractivity contribution in [3.8, 4) is 10.4 Å². The molecule has 0 radical (unpaired) electrons. The van der Waals surface area contributed by atoms with Gasteiger partial charge in [0.2, 0.25) is 15.8 Å². The van der Waals surface area contributed by atoms with E-state index in [-0.39, 0.29) is 39.3 Å². The first-order valence-electron chi connectivity index (χ1n) is 12.8. The lowest BCUT2D eigenvalue weighted by atomic mass is 10.0. The minimum atomic E-state index is -3.91. The van der Waals surface area contributed by atoms with Crippen molar-refractivity contribution in [2.24, 2.45) is 0 Å². The van der Waals surface area contributed by atoms with Gasteiger partial charge in [0.25, 0.3) is 11.8 Å². The molecule has 0 fully saturated rings. The molecule has 43 heavy (non-hydrogen) atoms. The summed E-state index contributed by atoms with van der Waals surface area (Å²) in [4.78, 5) is 50.6. The number of carbonyl (C=O) groups is 4. The van der Waals surface area contributed by atoms with Gasteiger partial charge < -0.3 is 10.6 Å². The Hall–Kier alpha value is -3.87. The Kier molecular flexibility index (Phi) is 10.8. The molecular weight excluding hydrogens is 633 g/mol. The summed E-state index contributed by atoms with van der Waals surface area (Å²) in [5.74, 6) is -2.65. The van der Waals surface area contributed by atoms with Crippen LogP contribution in [0.4, 0.5) is 0 Å². The molecule has 0 saturated heterocycles. The molecule has 0 bridgehead atoms. The number of nitrogens with one attached hydrogen (secondary N) is 3. The molecular formula is C30H25Cl2N3O6S2. The van der Waals surface area contributed by atoms with Crippen LogP contribution in [-0.2, 0) is 26.0 Å². The highest BCUT2D eigenvalue weighted by Gasteiger charge is 2.29. The number of halogens is 2. The zero-order valence-corrected chi connectivity index (χ0v) is 25.5. The van der Waals surface area contributed by atoms with E-state index < -0.39 is 33.7 Å². The molecule has 1 heterocycles. The predicted octanol–water partition coefficient (Wildman–Crippen LogP) is 4.54. The van der Waals surface area contributed by atoms with Crippen molar-refractivity contribution in [1.82, 2.24) is 15.4 Å². The molecule has 13 heteroatoms. The van der Waals surface area contributed by atoms with Gasteiger partial charge in [-0.2, -0.15) is 0 Å². The number of aldehydes is 1. The Morgan fingerprint density at radius 3 is 2.26 bits per heavy atom. The third-order valence-electron chi connectivity index (χ3n) is 6.17. The van der Waals surface area contributed by atoms with Crippen LogP contribution in [0.15, 0.2) is 89.1 Å². The van der Waals surface area contributed by atoms with Crippen LogP contribution in [0.5, 0.6) is 0 Å². The Morgan fingerprint density at radius 2 is 1.56 bits per heavy atom. The van der Waals surface area contributed by atoms with Crippen molar-refractivity contribution in [1.29, 1.82) is 0 Å². The van der Waals surface area contributed by atoms with E-state index in [1.807, 2.05) is 0 Å². The molecule has 3 N–H and O–H groups in total. The molecule has 4 rings (SSSR count). The van der Waals surface area contributed by atoms with Gasteiger partial charge in [0.1, 0.15) is 16.5 Å². The van der Waals surface area contributed by atoms with Crippen LogP contribution in [-0.4, -0.2) is 51.4 Å². The minimum Gasteiger partial charge on any atom is -0.348 e. The van der Waals surface area contributed by atoms with E-state index in [2.05, 4.69) is 15.4 Å². The summed E-state index contributed by atoms with van der Waals surface area (Å²) in [6, 6.07) is 21.9. The SMILES string of the molecule is O=Cc1cccc(-c2ccc(S(=O)(=O)NCCNC(=O)C(=O)[C@H](Cc3ccccc3)NC(=O)c3c(Cl)cccc3Cl)s2)c1. The fourth-order valence-electron chi connectivity index (χ4n) is 4.07. The molecule has 0 unspecified atom stereocenters. The summed E-state index contributed by atoms with van der Waals surface area (Å²) in [6.07, 6.45) is 0.728. The second kappa shape index (κ2) is 14.5. The number of rotatable bonds is 13. The van der Waals surface area contributed by atoms with Crippen molar-refractivity contribution < 1.29 is 27.6 Å². The fraction of sp³-hybridized carbons (Fsp3) is 0.133. The highest BCUT2D eigenvalue weighted by Crippen LogP contribution is 2.31. The molecule has 1 atom stereocenters. The summed E-state index contributed by atoms with van der Waals surface area (Å²) in [5.41, 5.74) is 1.84. The molecule has 3 aromatic carbocycles. The molecule has 0 aliphatic carbocycles. The van der Waals surface area contributed by atoms with Crippen LogP contribution in [0.25, 0.3) is 10.4 Å². The second-order valence-electron chi connectivity index (χ2n) is 9.19. The molecule has 4 aromatic rings. The third-order valence-corrected chi connectivity index (χ3v) is 9.89. The van der Waals surface area contributed by atoms with E-state index in [0.717, 1.165) is 11.3 Å². The summed E-state index contributed by atoms with van der Waals surface area (Å²) in [6.45, 7) is -0.383. The highest BCUT2D eigenvalue weighted by molar-refractivity contribution is 7.91. The van der Waals surface area contributed by atoms with Gasteiger partial charge in [0.15, 0.2) is 0 Å². The molecule has 0 aliphatic rings. The van der Waals surface area contributed by atoms with E-state index in [1.54, 1.807) is 66.7 Å². The van der Waals surface area contributed by atoms with E-state index >= 15 is 0 Å². The quantitative estimate of drug-likeness (QED) is 0.110. The normalized spacial score (nSPS) is 11.9. The molecule has 222 valence electrons. The first kappa shape index (κ1) is 32.1. The van der Waals surface area contributed by atoms with Gasteiger partial charge in [-0.1, -0.05) is 77.8 Å². The van der Waals surface area contributed by atoms with Crippen molar-refractivity contribution in [3.63, 3.8) is 0 Å². The van der Waals surface area contributed by atoms with E-state index in [0.29, 0.717) is 27.9 Å². The number of benzene rings is 3. The van der Waals surface area contributed by atoms with E-state index in [9.17, 15) is 27.6 Å². The minimum absolute atomic E-state index is 0.0179. The second-order valence-corrected chi connectivity index (χ2v) is 13.1. The van der Waals surface area contributed by atoms with Crippen molar-refractivity contribution >= 4 is 68.4 Å². The van der Waals surface area contributed by atoms with Crippen LogP contribution >= 0.6 is 34.5 Å². The number of Topliss-reactive ketones (excluding diaryl/α,β-unsaturated/α-hetero) is 1. The number of ketones is 1. The Bertz CT molecular complexity index is 1740. The zero-order valence-electron chi connectivity index (χ0n) is 22.4. The van der Waals surface area contributed by atoms with Gasteiger partial charge in [-0.15, -0.1) is 11.3 Å². The number of thiophene rings is 1. The van der Waals surface area contributed by atoms with Gasteiger partial charge in [0, 0.05) is 30.0 Å². The topological polar surface area (TPSA) is 139 Å². The molecule has 0 aliphatic heterocycles. The monoisotopic (exact) mass is 657 g/mol. The molecule has 1 aromatic heterocycles.